The minimum Gasteiger partial charge on any atom is -0.292 e. The van der Waals surface area contributed by atoms with Crippen molar-refractivity contribution in [3.8, 4) is 0 Å². The number of hydrogen-bond donors (Lipinski definition) is 0. The van der Waals surface area contributed by atoms with Crippen molar-refractivity contribution in [2.45, 2.75) is 25.7 Å². The molecule has 1 aliphatic rings. The van der Waals surface area contributed by atoms with Gasteiger partial charge in [-0.1, -0.05) is 11.6 Å². The van der Waals surface area contributed by atoms with Crippen LogP contribution < -0.4 is 0 Å². The number of hydrogen-bond acceptors (Lipinski definition) is 3. The summed E-state index contributed by atoms with van der Waals surface area (Å²) in [5, 5.41) is 0. The summed E-state index contributed by atoms with van der Waals surface area (Å²) in [6.07, 6.45) is 10.7. The van der Waals surface area contributed by atoms with Crippen molar-refractivity contribution in [1.82, 2.24) is 9.97 Å². The molecule has 1 aliphatic carbocycles. The number of rotatable bonds is 3. The zero-order valence-corrected chi connectivity index (χ0v) is 7.94. The van der Waals surface area contributed by atoms with Crippen LogP contribution in [-0.2, 0) is 0 Å². The molecule has 2 rings (SSSR count). The Balaban J connectivity index is 2.03. The monoisotopic (exact) mass is 188 g/mol. The third-order valence-electron chi connectivity index (χ3n) is 2.37. The van der Waals surface area contributed by atoms with Gasteiger partial charge in [0.2, 0.25) is 0 Å². The molecule has 0 saturated heterocycles. The third-order valence-corrected chi connectivity index (χ3v) is 2.37. The number of carbonyl (C=O) groups is 1. The van der Waals surface area contributed by atoms with E-state index in [-0.39, 0.29) is 5.78 Å². The van der Waals surface area contributed by atoms with E-state index >= 15 is 0 Å². The SMILES string of the molecule is O=C(CC1=CCCC1)c1cnccn1. The van der Waals surface area contributed by atoms with Gasteiger partial charge in [-0.05, 0) is 19.3 Å². The minimum absolute atomic E-state index is 0.0752. The van der Waals surface area contributed by atoms with Gasteiger partial charge in [-0.2, -0.15) is 0 Å². The average molecular weight is 188 g/mol. The Bertz CT molecular complexity index is 357. The van der Waals surface area contributed by atoms with Crippen molar-refractivity contribution in [3.63, 3.8) is 0 Å². The summed E-state index contributed by atoms with van der Waals surface area (Å²) in [6.45, 7) is 0. The van der Waals surface area contributed by atoms with Gasteiger partial charge in [0.1, 0.15) is 5.69 Å². The van der Waals surface area contributed by atoms with Crippen molar-refractivity contribution < 1.29 is 4.79 Å². The Morgan fingerprint density at radius 1 is 1.43 bits per heavy atom. The maximum Gasteiger partial charge on any atom is 0.186 e. The van der Waals surface area contributed by atoms with Crippen molar-refractivity contribution in [2.24, 2.45) is 0 Å². The first-order valence-electron chi connectivity index (χ1n) is 4.83. The first-order valence-corrected chi connectivity index (χ1v) is 4.83. The Kier molecular flexibility index (Phi) is 2.68. The quantitative estimate of drug-likeness (QED) is 0.539. The second-order valence-electron chi connectivity index (χ2n) is 3.45. The molecule has 0 fully saturated rings. The van der Waals surface area contributed by atoms with Gasteiger partial charge < -0.3 is 0 Å². The summed E-state index contributed by atoms with van der Waals surface area (Å²) in [5.74, 6) is 0.0752. The zero-order chi connectivity index (χ0) is 9.80. The van der Waals surface area contributed by atoms with Gasteiger partial charge in [0.25, 0.3) is 0 Å². The largest absolute Gasteiger partial charge is 0.292 e. The van der Waals surface area contributed by atoms with E-state index in [0.29, 0.717) is 12.1 Å². The molecular weight excluding hydrogens is 176 g/mol. The lowest BCUT2D eigenvalue weighted by Crippen LogP contribution is -2.03. The third kappa shape index (κ3) is 2.05. The fourth-order valence-corrected chi connectivity index (χ4v) is 1.64. The molecule has 72 valence electrons. The van der Waals surface area contributed by atoms with Crippen LogP contribution in [0.25, 0.3) is 0 Å². The van der Waals surface area contributed by atoms with Crippen LogP contribution in [0.15, 0.2) is 30.2 Å². The van der Waals surface area contributed by atoms with Gasteiger partial charge in [0, 0.05) is 18.8 Å². The maximum atomic E-state index is 11.7. The number of allylic oxidation sites excluding steroid dienone is 2. The highest BCUT2D eigenvalue weighted by Gasteiger charge is 2.12. The Labute approximate surface area is 82.9 Å². The Hall–Kier alpha value is -1.51. The lowest BCUT2D eigenvalue weighted by Gasteiger charge is -1.99. The molecule has 0 atom stereocenters. The van der Waals surface area contributed by atoms with Gasteiger partial charge in [0.05, 0.1) is 6.20 Å². The van der Waals surface area contributed by atoms with Crippen LogP contribution in [0.4, 0.5) is 0 Å². The van der Waals surface area contributed by atoms with E-state index in [0.717, 1.165) is 12.8 Å². The van der Waals surface area contributed by atoms with Crippen LogP contribution in [0.2, 0.25) is 0 Å². The molecule has 3 heteroatoms. The van der Waals surface area contributed by atoms with E-state index in [1.807, 2.05) is 0 Å². The maximum absolute atomic E-state index is 11.7. The molecule has 0 amide bonds. The number of nitrogens with zero attached hydrogens (tertiary/aromatic N) is 2. The molecule has 0 bridgehead atoms. The number of aromatic nitrogens is 2. The normalized spacial score (nSPS) is 15.3. The van der Waals surface area contributed by atoms with Crippen LogP contribution in [0.1, 0.15) is 36.2 Å². The molecule has 0 N–H and O–H groups in total. The van der Waals surface area contributed by atoms with Crippen LogP contribution >= 0.6 is 0 Å². The number of carbonyl (C=O) groups excluding carboxylic acids is 1. The summed E-state index contributed by atoms with van der Waals surface area (Å²) in [7, 11) is 0. The van der Waals surface area contributed by atoms with Gasteiger partial charge in [-0.3, -0.25) is 9.78 Å². The molecule has 1 aromatic rings. The van der Waals surface area contributed by atoms with E-state index in [9.17, 15) is 4.79 Å². The number of ketones is 1. The second-order valence-corrected chi connectivity index (χ2v) is 3.45. The smallest absolute Gasteiger partial charge is 0.186 e. The number of Topliss-reactive ketones (excluding diaryl/α,β-unsaturated/α-hetero) is 1. The fraction of sp³-hybridized carbons (Fsp3) is 0.364. The molecule has 0 saturated carbocycles. The predicted molar refractivity (Wildman–Crippen MR) is 52.9 cm³/mol. The van der Waals surface area contributed by atoms with Crippen LogP contribution in [0.3, 0.4) is 0 Å². The molecule has 0 aromatic carbocycles. The van der Waals surface area contributed by atoms with Crippen molar-refractivity contribution in [3.05, 3.63) is 35.9 Å². The molecule has 14 heavy (non-hydrogen) atoms. The summed E-state index contributed by atoms with van der Waals surface area (Å²) in [6, 6.07) is 0. The molecule has 3 nitrogen and oxygen atoms in total. The van der Waals surface area contributed by atoms with Gasteiger partial charge in [-0.25, -0.2) is 4.98 Å². The van der Waals surface area contributed by atoms with E-state index in [1.165, 1.54) is 18.2 Å². The second kappa shape index (κ2) is 4.13. The summed E-state index contributed by atoms with van der Waals surface area (Å²) < 4.78 is 0. The standard InChI is InChI=1S/C11H12N2O/c14-11(7-9-3-1-2-4-9)10-8-12-5-6-13-10/h3,5-6,8H,1-2,4,7H2. The Morgan fingerprint density at radius 3 is 3.00 bits per heavy atom. The molecule has 0 aliphatic heterocycles. The Morgan fingerprint density at radius 2 is 2.36 bits per heavy atom. The first kappa shape index (κ1) is 9.06. The molecule has 0 spiro atoms. The van der Waals surface area contributed by atoms with Crippen molar-refractivity contribution in [2.75, 3.05) is 0 Å². The summed E-state index contributed by atoms with van der Waals surface area (Å²) in [4.78, 5) is 19.5. The van der Waals surface area contributed by atoms with E-state index in [2.05, 4.69) is 16.0 Å². The van der Waals surface area contributed by atoms with E-state index in [1.54, 1.807) is 12.4 Å². The summed E-state index contributed by atoms with van der Waals surface area (Å²) in [5.41, 5.74) is 1.72. The molecule has 0 unspecified atom stereocenters. The first-order chi connectivity index (χ1) is 6.86. The molecule has 0 radical (unpaired) electrons. The van der Waals surface area contributed by atoms with Crippen molar-refractivity contribution in [1.29, 1.82) is 0 Å². The van der Waals surface area contributed by atoms with Crippen LogP contribution in [0.5, 0.6) is 0 Å². The lowest BCUT2D eigenvalue weighted by molar-refractivity contribution is 0.0987. The fourth-order valence-electron chi connectivity index (χ4n) is 1.64. The lowest BCUT2D eigenvalue weighted by atomic mass is 10.1. The van der Waals surface area contributed by atoms with Gasteiger partial charge in [-0.15, -0.1) is 0 Å². The highest BCUT2D eigenvalue weighted by molar-refractivity contribution is 5.95. The van der Waals surface area contributed by atoms with Gasteiger partial charge >= 0.3 is 0 Å². The van der Waals surface area contributed by atoms with E-state index < -0.39 is 0 Å². The van der Waals surface area contributed by atoms with Gasteiger partial charge in [0.15, 0.2) is 5.78 Å². The molecule has 1 aromatic heterocycles. The molecular formula is C11H12N2O. The zero-order valence-electron chi connectivity index (χ0n) is 7.94. The van der Waals surface area contributed by atoms with Crippen LogP contribution in [0, 0.1) is 0 Å². The minimum atomic E-state index is 0.0752. The predicted octanol–water partition coefficient (Wildman–Crippen LogP) is 2.16. The highest BCUT2D eigenvalue weighted by Crippen LogP contribution is 2.21. The van der Waals surface area contributed by atoms with E-state index in [4.69, 9.17) is 0 Å². The average Bonchev–Trinajstić information content (AvgIpc) is 2.72. The van der Waals surface area contributed by atoms with Crippen LogP contribution in [-0.4, -0.2) is 15.8 Å². The highest BCUT2D eigenvalue weighted by atomic mass is 16.1. The van der Waals surface area contributed by atoms with Crippen molar-refractivity contribution >= 4 is 5.78 Å². The molecule has 1 heterocycles. The summed E-state index contributed by atoms with van der Waals surface area (Å²) >= 11 is 0. The topological polar surface area (TPSA) is 42.9 Å².